The number of rotatable bonds is 6. The first-order valence-electron chi connectivity index (χ1n) is 14.4. The van der Waals surface area contributed by atoms with Crippen LogP contribution in [0.4, 0.5) is 20.2 Å². The van der Waals surface area contributed by atoms with Crippen molar-refractivity contribution in [3.8, 4) is 5.75 Å². The minimum Gasteiger partial charge on any atom is -0.508 e. The first-order chi connectivity index (χ1) is 18.8. The van der Waals surface area contributed by atoms with Crippen LogP contribution in [-0.2, 0) is 11.8 Å². The van der Waals surface area contributed by atoms with E-state index in [2.05, 4.69) is 34.7 Å². The van der Waals surface area contributed by atoms with E-state index >= 15 is 0 Å². The lowest BCUT2D eigenvalue weighted by atomic mass is 9.56. The van der Waals surface area contributed by atoms with Crippen molar-refractivity contribution in [2.75, 3.05) is 38.1 Å². The van der Waals surface area contributed by atoms with Crippen LogP contribution >= 0.6 is 0 Å². The van der Waals surface area contributed by atoms with Crippen LogP contribution in [0.1, 0.15) is 43.7 Å². The normalized spacial score (nSPS) is 25.8. The molecule has 1 aliphatic carbocycles. The molecule has 6 rings (SSSR count). The number of piperidine rings is 2. The maximum Gasteiger partial charge on any atom is 0.123 e. The SMILES string of the molecule is C[C@@H]1[C@@H]2Cc3ccc(O)cc3C1(CCN1CCC(N(c3ccc(F)cc3)c3ccc(F)cc3)CC1)CCN2C. The first kappa shape index (κ1) is 26.3. The molecule has 0 amide bonds. The highest BCUT2D eigenvalue weighted by atomic mass is 19.1. The molecule has 3 aliphatic rings. The number of hydrogen-bond donors (Lipinski definition) is 1. The number of anilines is 2. The molecule has 0 saturated carbocycles. The predicted molar refractivity (Wildman–Crippen MR) is 153 cm³/mol. The van der Waals surface area contributed by atoms with Gasteiger partial charge in [-0.15, -0.1) is 0 Å². The van der Waals surface area contributed by atoms with Crippen molar-refractivity contribution in [1.82, 2.24) is 9.80 Å². The van der Waals surface area contributed by atoms with E-state index in [-0.39, 0.29) is 23.1 Å². The minimum atomic E-state index is -0.255. The third kappa shape index (κ3) is 4.93. The van der Waals surface area contributed by atoms with E-state index in [1.807, 2.05) is 36.4 Å². The number of likely N-dealkylation sites (tertiary alicyclic amines) is 2. The summed E-state index contributed by atoms with van der Waals surface area (Å²) in [6.45, 7) is 6.53. The standard InChI is InChI=1S/C33H39F2N3O/c1-23-32-21-24-3-12-30(39)22-31(24)33(23,15-19-36(32)2)16-20-37-17-13-29(14-18-37)38(27-8-4-25(34)5-9-27)28-10-6-26(35)7-11-28/h3-12,22-23,29,32,39H,13-21H2,1-2H3/t23-,32+,33?/m1/s1. The fourth-order valence-electron chi connectivity index (χ4n) is 7.68. The Balaban J connectivity index is 1.18. The van der Waals surface area contributed by atoms with Gasteiger partial charge in [-0.2, -0.15) is 0 Å². The molecule has 4 nitrogen and oxygen atoms in total. The van der Waals surface area contributed by atoms with Crippen molar-refractivity contribution in [3.05, 3.63) is 89.5 Å². The summed E-state index contributed by atoms with van der Waals surface area (Å²) in [5.74, 6) is 0.403. The van der Waals surface area contributed by atoms with Gasteiger partial charge in [0.2, 0.25) is 0 Å². The van der Waals surface area contributed by atoms with Crippen molar-refractivity contribution >= 4 is 11.4 Å². The van der Waals surface area contributed by atoms with E-state index in [0.29, 0.717) is 17.7 Å². The van der Waals surface area contributed by atoms with Gasteiger partial charge < -0.3 is 19.8 Å². The van der Waals surface area contributed by atoms with E-state index < -0.39 is 0 Å². The molecule has 2 fully saturated rings. The number of phenolic OH excluding ortho intramolecular Hbond substituents is 1. The lowest BCUT2D eigenvalue weighted by Crippen LogP contribution is -2.58. The molecule has 206 valence electrons. The summed E-state index contributed by atoms with van der Waals surface area (Å²) in [5.41, 5.74) is 4.73. The van der Waals surface area contributed by atoms with Crippen LogP contribution in [0.2, 0.25) is 0 Å². The van der Waals surface area contributed by atoms with Gasteiger partial charge in [0.15, 0.2) is 0 Å². The summed E-state index contributed by atoms with van der Waals surface area (Å²) in [5, 5.41) is 10.4. The number of benzene rings is 3. The Morgan fingerprint density at radius 1 is 0.897 bits per heavy atom. The summed E-state index contributed by atoms with van der Waals surface area (Å²) >= 11 is 0. The molecule has 0 spiro atoms. The van der Waals surface area contributed by atoms with Crippen LogP contribution in [-0.4, -0.2) is 60.2 Å². The second-order valence-corrected chi connectivity index (χ2v) is 11.9. The average Bonchev–Trinajstić information content (AvgIpc) is 2.94. The maximum absolute atomic E-state index is 13.7. The lowest BCUT2D eigenvalue weighted by molar-refractivity contribution is 0.0284. The number of likely N-dealkylation sites (N-methyl/N-ethyl adjacent to an activating group) is 1. The maximum atomic E-state index is 13.7. The summed E-state index contributed by atoms with van der Waals surface area (Å²) < 4.78 is 27.4. The van der Waals surface area contributed by atoms with Crippen molar-refractivity contribution in [1.29, 1.82) is 0 Å². The summed E-state index contributed by atoms with van der Waals surface area (Å²) in [6, 6.07) is 20.1. The third-order valence-electron chi connectivity index (χ3n) is 9.99. The molecule has 1 N–H and O–H groups in total. The summed E-state index contributed by atoms with van der Waals surface area (Å²) in [7, 11) is 2.26. The number of nitrogens with zero attached hydrogens (tertiary/aromatic N) is 3. The molecule has 1 unspecified atom stereocenters. The molecule has 2 aliphatic heterocycles. The quantitative estimate of drug-likeness (QED) is 0.393. The van der Waals surface area contributed by atoms with Crippen LogP contribution in [0.3, 0.4) is 0 Å². The van der Waals surface area contributed by atoms with Crippen molar-refractivity contribution in [2.45, 2.75) is 56.5 Å². The molecule has 6 heteroatoms. The number of halogens is 2. The summed E-state index contributed by atoms with van der Waals surface area (Å²) in [6.07, 6.45) is 5.25. The Hall–Kier alpha value is -2.96. The molecule has 2 saturated heterocycles. The van der Waals surface area contributed by atoms with Gasteiger partial charge in [0, 0.05) is 42.0 Å². The highest BCUT2D eigenvalue weighted by Gasteiger charge is 2.50. The Kier molecular flexibility index (Phi) is 7.11. The number of aromatic hydroxyl groups is 1. The third-order valence-corrected chi connectivity index (χ3v) is 9.99. The van der Waals surface area contributed by atoms with Gasteiger partial charge >= 0.3 is 0 Å². The van der Waals surface area contributed by atoms with E-state index in [9.17, 15) is 13.9 Å². The highest BCUT2D eigenvalue weighted by molar-refractivity contribution is 5.64. The largest absolute Gasteiger partial charge is 0.508 e. The van der Waals surface area contributed by atoms with Crippen LogP contribution in [0.15, 0.2) is 66.7 Å². The Bertz CT molecular complexity index is 1240. The van der Waals surface area contributed by atoms with Gasteiger partial charge in [0.05, 0.1) is 0 Å². The number of hydrogen-bond acceptors (Lipinski definition) is 4. The van der Waals surface area contributed by atoms with Gasteiger partial charge in [-0.3, -0.25) is 0 Å². The molecular weight excluding hydrogens is 492 g/mol. The van der Waals surface area contributed by atoms with E-state index in [1.165, 1.54) is 35.4 Å². The number of phenols is 1. The molecule has 0 aromatic heterocycles. The minimum absolute atomic E-state index is 0.0919. The van der Waals surface area contributed by atoms with Crippen LogP contribution in [0, 0.1) is 17.6 Å². The zero-order valence-corrected chi connectivity index (χ0v) is 23.0. The van der Waals surface area contributed by atoms with Crippen molar-refractivity contribution < 1.29 is 13.9 Å². The van der Waals surface area contributed by atoms with Gasteiger partial charge in [-0.25, -0.2) is 8.78 Å². The Morgan fingerprint density at radius 3 is 2.13 bits per heavy atom. The molecule has 2 heterocycles. The zero-order chi connectivity index (χ0) is 27.1. The molecule has 0 radical (unpaired) electrons. The second kappa shape index (κ2) is 10.5. The lowest BCUT2D eigenvalue weighted by Gasteiger charge is -2.56. The molecule has 3 aromatic rings. The predicted octanol–water partition coefficient (Wildman–Crippen LogP) is 6.50. The first-order valence-corrected chi connectivity index (χ1v) is 14.4. The molecule has 3 atom stereocenters. The van der Waals surface area contributed by atoms with Gasteiger partial charge in [-0.1, -0.05) is 13.0 Å². The zero-order valence-electron chi connectivity index (χ0n) is 23.0. The van der Waals surface area contributed by atoms with E-state index in [0.717, 1.165) is 69.7 Å². The van der Waals surface area contributed by atoms with Gasteiger partial charge in [0.25, 0.3) is 0 Å². The van der Waals surface area contributed by atoms with Crippen molar-refractivity contribution in [2.24, 2.45) is 5.92 Å². The van der Waals surface area contributed by atoms with Crippen molar-refractivity contribution in [3.63, 3.8) is 0 Å². The monoisotopic (exact) mass is 531 g/mol. The Labute approximate surface area is 230 Å². The topological polar surface area (TPSA) is 30.0 Å². The average molecular weight is 532 g/mol. The fourth-order valence-corrected chi connectivity index (χ4v) is 7.68. The van der Waals surface area contributed by atoms with Crippen LogP contribution in [0.5, 0.6) is 5.75 Å². The van der Waals surface area contributed by atoms with E-state index in [4.69, 9.17) is 0 Å². The molecule has 3 aromatic carbocycles. The van der Waals surface area contributed by atoms with Crippen LogP contribution < -0.4 is 4.90 Å². The number of fused-ring (bicyclic) bond motifs is 4. The fraction of sp³-hybridized carbons (Fsp3) is 0.455. The smallest absolute Gasteiger partial charge is 0.123 e. The van der Waals surface area contributed by atoms with Gasteiger partial charge in [0.1, 0.15) is 17.4 Å². The Morgan fingerprint density at radius 2 is 1.51 bits per heavy atom. The molecular formula is C33H39F2N3O. The molecule has 2 bridgehead atoms. The second-order valence-electron chi connectivity index (χ2n) is 11.9. The van der Waals surface area contributed by atoms with E-state index in [1.54, 1.807) is 0 Å². The molecule has 39 heavy (non-hydrogen) atoms. The highest BCUT2D eigenvalue weighted by Crippen LogP contribution is 2.51. The van der Waals surface area contributed by atoms with Crippen LogP contribution in [0.25, 0.3) is 0 Å². The summed E-state index contributed by atoms with van der Waals surface area (Å²) in [4.78, 5) is 7.37. The van der Waals surface area contributed by atoms with Gasteiger partial charge in [-0.05, 0) is 130 Å².